The maximum absolute atomic E-state index is 11.6. The van der Waals surface area contributed by atoms with Crippen LogP contribution in [0, 0.1) is 0 Å². The van der Waals surface area contributed by atoms with Crippen LogP contribution in [-0.4, -0.2) is 17.7 Å². The molecule has 0 saturated carbocycles. The molecular formula is C2Cl3F3O2S2. The number of hydrogen-bond donors (Lipinski definition) is 0. The van der Waals surface area contributed by atoms with Crippen molar-refractivity contribution in [2.75, 3.05) is 0 Å². The van der Waals surface area contributed by atoms with Gasteiger partial charge in [0.15, 0.2) is 0 Å². The highest BCUT2D eigenvalue weighted by atomic mass is 35.6. The highest BCUT2D eigenvalue weighted by molar-refractivity contribution is 8.69. The molecule has 10 heteroatoms. The third kappa shape index (κ3) is 3.99. The van der Waals surface area contributed by atoms with Crippen LogP contribution >= 0.6 is 34.8 Å². The third-order valence-electron chi connectivity index (χ3n) is 0.515. The molecule has 74 valence electrons. The van der Waals surface area contributed by atoms with Crippen LogP contribution in [0.25, 0.3) is 0 Å². The van der Waals surface area contributed by atoms with Crippen molar-refractivity contribution in [3.05, 3.63) is 0 Å². The Labute approximate surface area is 86.1 Å². The van der Waals surface area contributed by atoms with Crippen LogP contribution in [0.5, 0.6) is 0 Å². The van der Waals surface area contributed by atoms with Crippen molar-refractivity contribution in [2.45, 2.75) is 8.63 Å². The minimum atomic E-state index is -5.14. The number of halogens is 6. The van der Waals surface area contributed by atoms with Crippen LogP contribution < -0.4 is 0 Å². The highest BCUT2D eigenvalue weighted by Gasteiger charge is 2.62. The first-order valence-corrected chi connectivity index (χ1v) is 5.99. The minimum absolute atomic E-state index is 2.69. The van der Waals surface area contributed by atoms with Crippen LogP contribution in [0.1, 0.15) is 0 Å². The predicted octanol–water partition coefficient (Wildman–Crippen LogP) is 2.25. The average Bonchev–Trinajstić information content (AvgIpc) is 1.80. The second-order valence-corrected chi connectivity index (χ2v) is 8.15. The van der Waals surface area contributed by atoms with Crippen molar-refractivity contribution in [3.63, 3.8) is 0 Å². The van der Waals surface area contributed by atoms with E-state index < -0.39 is 29.0 Å². The maximum atomic E-state index is 11.6. The lowest BCUT2D eigenvalue weighted by Crippen LogP contribution is -2.37. The van der Waals surface area contributed by atoms with Gasteiger partial charge in [0.2, 0.25) is 10.2 Å². The summed E-state index contributed by atoms with van der Waals surface area (Å²) in [6.45, 7) is 0. The summed E-state index contributed by atoms with van der Waals surface area (Å²) in [4.78, 5) is 0. The van der Waals surface area contributed by atoms with Gasteiger partial charge < -0.3 is 9.11 Å². The second kappa shape index (κ2) is 4.20. The molecule has 0 heterocycles. The van der Waals surface area contributed by atoms with E-state index in [0.29, 0.717) is 0 Å². The Balaban J connectivity index is 4.41. The molecule has 0 rings (SSSR count). The molecule has 0 aliphatic carbocycles. The molecule has 2 atom stereocenters. The molecule has 0 bridgehead atoms. The fourth-order valence-electron chi connectivity index (χ4n) is 0.172. The number of hydrogen-bond acceptors (Lipinski definition) is 2. The SMILES string of the molecule is [O-][S+]([S+]([O-])C(Cl)(Cl)Cl)C(F)(F)F. The molecule has 0 aromatic rings. The Morgan fingerprint density at radius 1 is 0.917 bits per heavy atom. The van der Waals surface area contributed by atoms with Crippen LogP contribution in [0.2, 0.25) is 0 Å². The molecule has 0 aliphatic heterocycles. The van der Waals surface area contributed by atoms with Crippen LogP contribution in [0.15, 0.2) is 0 Å². The first-order valence-electron chi connectivity index (χ1n) is 2.04. The zero-order chi connectivity index (χ0) is 10.2. The van der Waals surface area contributed by atoms with E-state index >= 15 is 0 Å². The standard InChI is InChI=1S/C2Cl3F3O2S2/c3-1(4,5)11(9)12(10)2(6,7)8. The van der Waals surface area contributed by atoms with Gasteiger partial charge in [-0.3, -0.25) is 0 Å². The van der Waals surface area contributed by atoms with E-state index in [1.165, 1.54) is 0 Å². The summed E-state index contributed by atoms with van der Waals surface area (Å²) in [6, 6.07) is 0. The molecule has 0 aromatic carbocycles. The van der Waals surface area contributed by atoms with Gasteiger partial charge in [-0.25, -0.2) is 0 Å². The molecule has 0 N–H and O–H groups in total. The molecule has 0 radical (unpaired) electrons. The normalized spacial score (nSPS) is 19.0. The summed E-state index contributed by atoms with van der Waals surface area (Å²) in [6.07, 6.45) is 0. The van der Waals surface area contributed by atoms with Crippen molar-refractivity contribution >= 4 is 55.2 Å². The average molecular weight is 284 g/mol. The fraction of sp³-hybridized carbons (Fsp3) is 1.00. The third-order valence-corrected chi connectivity index (χ3v) is 5.77. The van der Waals surface area contributed by atoms with Crippen molar-refractivity contribution in [1.82, 2.24) is 0 Å². The zero-order valence-electron chi connectivity index (χ0n) is 4.90. The van der Waals surface area contributed by atoms with E-state index in [2.05, 4.69) is 0 Å². The van der Waals surface area contributed by atoms with Gasteiger partial charge in [-0.2, -0.15) is 0 Å². The zero-order valence-corrected chi connectivity index (χ0v) is 8.80. The first-order chi connectivity index (χ1) is 5.07. The van der Waals surface area contributed by atoms with E-state index in [0.717, 1.165) is 0 Å². The Morgan fingerprint density at radius 3 is 1.33 bits per heavy atom. The molecule has 0 fully saturated rings. The van der Waals surface area contributed by atoms with Gasteiger partial charge in [0, 0.05) is 0 Å². The summed E-state index contributed by atoms with van der Waals surface area (Å²) in [5.74, 6) is 0. The van der Waals surface area contributed by atoms with Gasteiger partial charge in [-0.1, -0.05) is 0 Å². The molecule has 0 amide bonds. The molecule has 2 nitrogen and oxygen atoms in total. The van der Waals surface area contributed by atoms with Crippen molar-refractivity contribution in [2.24, 2.45) is 0 Å². The largest absolute Gasteiger partial charge is 0.622 e. The minimum Gasteiger partial charge on any atom is -0.567 e. The molecular weight excluding hydrogens is 284 g/mol. The summed E-state index contributed by atoms with van der Waals surface area (Å²) >= 11 is 14.5. The Kier molecular flexibility index (Phi) is 4.65. The monoisotopic (exact) mass is 282 g/mol. The lowest BCUT2D eigenvalue weighted by atomic mass is 11.6. The van der Waals surface area contributed by atoms with Crippen molar-refractivity contribution < 1.29 is 22.3 Å². The lowest BCUT2D eigenvalue weighted by Gasteiger charge is -2.17. The topological polar surface area (TPSA) is 46.1 Å². The molecule has 2 unspecified atom stereocenters. The molecule has 0 saturated heterocycles. The van der Waals surface area contributed by atoms with Crippen LogP contribution in [-0.2, 0) is 20.4 Å². The fourth-order valence-corrected chi connectivity index (χ4v) is 3.09. The Morgan fingerprint density at radius 2 is 1.25 bits per heavy atom. The summed E-state index contributed by atoms with van der Waals surface area (Å²) in [5, 5.41) is 0. The smallest absolute Gasteiger partial charge is 0.567 e. The van der Waals surface area contributed by atoms with Gasteiger partial charge in [0.05, 0.1) is 0 Å². The molecule has 0 aliphatic rings. The number of rotatable bonds is 1. The van der Waals surface area contributed by atoms with Crippen molar-refractivity contribution in [3.8, 4) is 0 Å². The van der Waals surface area contributed by atoms with E-state index in [1.54, 1.807) is 0 Å². The number of alkyl halides is 6. The summed E-state index contributed by atoms with van der Waals surface area (Å²) in [7, 11) is -6.78. The summed E-state index contributed by atoms with van der Waals surface area (Å²) < 4.78 is 52.7. The van der Waals surface area contributed by atoms with Gasteiger partial charge >= 0.3 is 8.63 Å². The van der Waals surface area contributed by atoms with E-state index in [-0.39, 0.29) is 0 Å². The van der Waals surface area contributed by atoms with Gasteiger partial charge in [0.25, 0.3) is 10.2 Å². The van der Waals surface area contributed by atoms with Gasteiger partial charge in [-0.15, -0.1) is 13.2 Å². The maximum Gasteiger partial charge on any atom is 0.622 e. The molecule has 12 heavy (non-hydrogen) atoms. The van der Waals surface area contributed by atoms with Gasteiger partial charge in [-0.05, 0) is 34.8 Å². The van der Waals surface area contributed by atoms with Gasteiger partial charge in [0.1, 0.15) is 0 Å². The summed E-state index contributed by atoms with van der Waals surface area (Å²) in [5.41, 5.74) is -5.14. The van der Waals surface area contributed by atoms with Crippen LogP contribution in [0.3, 0.4) is 0 Å². The Bertz CT molecular complexity index is 141. The van der Waals surface area contributed by atoms with Crippen molar-refractivity contribution in [1.29, 1.82) is 0 Å². The molecule has 0 aromatic heterocycles. The second-order valence-electron chi connectivity index (χ2n) is 1.36. The van der Waals surface area contributed by atoms with E-state index in [9.17, 15) is 22.3 Å². The predicted molar refractivity (Wildman–Crippen MR) is 42.6 cm³/mol. The molecule has 0 spiro atoms. The highest BCUT2D eigenvalue weighted by Crippen LogP contribution is 2.41. The van der Waals surface area contributed by atoms with Crippen LogP contribution in [0.4, 0.5) is 13.2 Å². The van der Waals surface area contributed by atoms with E-state index in [4.69, 9.17) is 34.8 Å². The first kappa shape index (κ1) is 13.3. The quantitative estimate of drug-likeness (QED) is 0.421. The Hall–Kier alpha value is 1.28. The van der Waals surface area contributed by atoms with E-state index in [1.807, 2.05) is 0 Å². The lowest BCUT2D eigenvalue weighted by molar-refractivity contribution is -0.0412.